The molecule has 7 heteroatoms. The van der Waals surface area contributed by atoms with Gasteiger partial charge >= 0.3 is 11.8 Å². The number of rotatable bonds is 6. The van der Waals surface area contributed by atoms with Crippen molar-refractivity contribution < 1.29 is 23.8 Å². The van der Waals surface area contributed by atoms with E-state index in [0.29, 0.717) is 22.9 Å². The van der Waals surface area contributed by atoms with E-state index in [2.05, 4.69) is 10.6 Å². The molecule has 0 heterocycles. The van der Waals surface area contributed by atoms with Gasteiger partial charge in [0, 0.05) is 24.4 Å². The fourth-order valence-corrected chi connectivity index (χ4v) is 2.31. The SMILES string of the molecule is COc1cc(NC(=O)C(=O)NCc2ccc(C)cc2)cc(OC)c1OC. The lowest BCUT2D eigenvalue weighted by Crippen LogP contribution is -2.34. The minimum Gasteiger partial charge on any atom is -0.493 e. The molecule has 0 bridgehead atoms. The smallest absolute Gasteiger partial charge is 0.313 e. The summed E-state index contributed by atoms with van der Waals surface area (Å²) in [7, 11) is 4.42. The van der Waals surface area contributed by atoms with Gasteiger partial charge in [-0.25, -0.2) is 0 Å². The lowest BCUT2D eigenvalue weighted by atomic mass is 10.1. The van der Waals surface area contributed by atoms with Gasteiger partial charge in [-0.3, -0.25) is 9.59 Å². The van der Waals surface area contributed by atoms with E-state index in [1.54, 1.807) is 12.1 Å². The summed E-state index contributed by atoms with van der Waals surface area (Å²) in [4.78, 5) is 24.1. The number of amides is 2. The van der Waals surface area contributed by atoms with Crippen LogP contribution in [0.5, 0.6) is 17.2 Å². The summed E-state index contributed by atoms with van der Waals surface area (Å²) in [6, 6.07) is 10.8. The van der Waals surface area contributed by atoms with E-state index in [4.69, 9.17) is 14.2 Å². The average Bonchev–Trinajstić information content (AvgIpc) is 2.66. The molecule has 0 aliphatic rings. The van der Waals surface area contributed by atoms with Crippen molar-refractivity contribution in [2.45, 2.75) is 13.5 Å². The highest BCUT2D eigenvalue weighted by molar-refractivity contribution is 6.39. The number of aryl methyl sites for hydroxylation is 1. The van der Waals surface area contributed by atoms with Crippen molar-refractivity contribution in [3.63, 3.8) is 0 Å². The van der Waals surface area contributed by atoms with Gasteiger partial charge in [0.25, 0.3) is 0 Å². The van der Waals surface area contributed by atoms with Crippen LogP contribution in [0, 0.1) is 6.92 Å². The zero-order valence-electron chi connectivity index (χ0n) is 15.2. The van der Waals surface area contributed by atoms with Gasteiger partial charge in [0.2, 0.25) is 5.75 Å². The van der Waals surface area contributed by atoms with E-state index >= 15 is 0 Å². The zero-order valence-corrected chi connectivity index (χ0v) is 15.2. The lowest BCUT2D eigenvalue weighted by Gasteiger charge is -2.14. The molecule has 2 amide bonds. The Labute approximate surface area is 152 Å². The largest absolute Gasteiger partial charge is 0.493 e. The Morgan fingerprint density at radius 2 is 1.46 bits per heavy atom. The fourth-order valence-electron chi connectivity index (χ4n) is 2.31. The Balaban J connectivity index is 2.04. The van der Waals surface area contributed by atoms with Gasteiger partial charge < -0.3 is 24.8 Å². The van der Waals surface area contributed by atoms with E-state index < -0.39 is 11.8 Å². The van der Waals surface area contributed by atoms with Crippen LogP contribution in [0.1, 0.15) is 11.1 Å². The van der Waals surface area contributed by atoms with Gasteiger partial charge in [-0.2, -0.15) is 0 Å². The van der Waals surface area contributed by atoms with Crippen LogP contribution in [0.15, 0.2) is 36.4 Å². The summed E-state index contributed by atoms with van der Waals surface area (Å²) in [5, 5.41) is 5.10. The average molecular weight is 358 g/mol. The number of hydrogen-bond donors (Lipinski definition) is 2. The summed E-state index contributed by atoms with van der Waals surface area (Å²) < 4.78 is 15.7. The normalized spacial score (nSPS) is 10.0. The van der Waals surface area contributed by atoms with E-state index in [9.17, 15) is 9.59 Å². The summed E-state index contributed by atoms with van der Waals surface area (Å²) in [6.07, 6.45) is 0. The van der Waals surface area contributed by atoms with E-state index in [1.807, 2.05) is 31.2 Å². The molecule has 138 valence electrons. The molecular formula is C19H22N2O5. The maximum atomic E-state index is 12.1. The molecule has 0 fully saturated rings. The Bertz CT molecular complexity index is 762. The second-order valence-electron chi connectivity index (χ2n) is 5.54. The van der Waals surface area contributed by atoms with Crippen LogP contribution in [-0.2, 0) is 16.1 Å². The number of hydrogen-bond acceptors (Lipinski definition) is 5. The van der Waals surface area contributed by atoms with Crippen LogP contribution in [0.4, 0.5) is 5.69 Å². The first-order chi connectivity index (χ1) is 12.5. The summed E-state index contributed by atoms with van der Waals surface area (Å²) >= 11 is 0. The third-order valence-electron chi connectivity index (χ3n) is 3.70. The van der Waals surface area contributed by atoms with Crippen molar-refractivity contribution in [2.75, 3.05) is 26.6 Å². The molecule has 0 aliphatic carbocycles. The Morgan fingerprint density at radius 1 is 0.885 bits per heavy atom. The molecule has 2 aromatic rings. The molecule has 2 rings (SSSR count). The number of anilines is 1. The van der Waals surface area contributed by atoms with Crippen LogP contribution in [0.2, 0.25) is 0 Å². The van der Waals surface area contributed by atoms with Crippen LogP contribution in [0.3, 0.4) is 0 Å². The molecule has 2 aromatic carbocycles. The summed E-state index contributed by atoms with van der Waals surface area (Å²) in [5.74, 6) is -0.369. The van der Waals surface area contributed by atoms with Gasteiger partial charge in [0.05, 0.1) is 21.3 Å². The standard InChI is InChI=1S/C19H22N2O5/c1-12-5-7-13(8-6-12)11-20-18(22)19(23)21-14-9-15(24-2)17(26-4)16(10-14)25-3/h5-10H,11H2,1-4H3,(H,20,22)(H,21,23). The first-order valence-electron chi connectivity index (χ1n) is 7.93. The molecule has 0 spiro atoms. The highest BCUT2D eigenvalue weighted by Gasteiger charge is 2.17. The molecule has 26 heavy (non-hydrogen) atoms. The monoisotopic (exact) mass is 358 g/mol. The van der Waals surface area contributed by atoms with Gasteiger partial charge in [0.15, 0.2) is 11.5 Å². The fraction of sp³-hybridized carbons (Fsp3) is 0.263. The number of carbonyl (C=O) groups excluding carboxylic acids is 2. The van der Waals surface area contributed by atoms with E-state index in [-0.39, 0.29) is 6.54 Å². The molecule has 0 unspecified atom stereocenters. The third-order valence-corrected chi connectivity index (χ3v) is 3.70. The van der Waals surface area contributed by atoms with Crippen molar-refractivity contribution >= 4 is 17.5 Å². The number of nitrogens with one attached hydrogen (secondary N) is 2. The predicted molar refractivity (Wildman–Crippen MR) is 97.8 cm³/mol. The maximum absolute atomic E-state index is 12.1. The Kier molecular flexibility index (Phi) is 6.43. The van der Waals surface area contributed by atoms with Crippen molar-refractivity contribution in [2.24, 2.45) is 0 Å². The predicted octanol–water partition coefficient (Wildman–Crippen LogP) is 2.28. The number of methoxy groups -OCH3 is 3. The quantitative estimate of drug-likeness (QED) is 0.774. The first kappa shape index (κ1) is 19.1. The molecule has 0 aliphatic heterocycles. The van der Waals surface area contributed by atoms with Crippen molar-refractivity contribution in [3.8, 4) is 17.2 Å². The zero-order chi connectivity index (χ0) is 19.1. The Morgan fingerprint density at radius 3 is 1.96 bits per heavy atom. The number of carbonyl (C=O) groups is 2. The maximum Gasteiger partial charge on any atom is 0.313 e. The lowest BCUT2D eigenvalue weighted by molar-refractivity contribution is -0.136. The van der Waals surface area contributed by atoms with Gasteiger partial charge in [-0.15, -0.1) is 0 Å². The molecule has 0 atom stereocenters. The van der Waals surface area contributed by atoms with Crippen molar-refractivity contribution in [1.29, 1.82) is 0 Å². The minimum atomic E-state index is -0.786. The van der Waals surface area contributed by atoms with E-state index in [1.165, 1.54) is 21.3 Å². The third kappa shape index (κ3) is 4.66. The molecule has 7 nitrogen and oxygen atoms in total. The second-order valence-corrected chi connectivity index (χ2v) is 5.54. The molecular weight excluding hydrogens is 336 g/mol. The van der Waals surface area contributed by atoms with Crippen molar-refractivity contribution in [1.82, 2.24) is 5.32 Å². The van der Waals surface area contributed by atoms with Crippen LogP contribution in [0.25, 0.3) is 0 Å². The summed E-state index contributed by atoms with van der Waals surface area (Å²) in [6.45, 7) is 2.25. The molecule has 0 saturated heterocycles. The molecule has 2 N–H and O–H groups in total. The molecule has 0 saturated carbocycles. The molecule has 0 aromatic heterocycles. The van der Waals surface area contributed by atoms with Crippen molar-refractivity contribution in [3.05, 3.63) is 47.5 Å². The molecule has 0 radical (unpaired) electrons. The minimum absolute atomic E-state index is 0.266. The van der Waals surface area contributed by atoms with Crippen LogP contribution >= 0.6 is 0 Å². The second kappa shape index (κ2) is 8.75. The summed E-state index contributed by atoms with van der Waals surface area (Å²) in [5.41, 5.74) is 2.39. The van der Waals surface area contributed by atoms with Gasteiger partial charge in [-0.1, -0.05) is 29.8 Å². The first-order valence-corrected chi connectivity index (χ1v) is 7.93. The van der Waals surface area contributed by atoms with Gasteiger partial charge in [-0.05, 0) is 12.5 Å². The number of benzene rings is 2. The highest BCUT2D eigenvalue weighted by Crippen LogP contribution is 2.39. The topological polar surface area (TPSA) is 85.9 Å². The Hall–Kier alpha value is -3.22. The number of ether oxygens (including phenoxy) is 3. The van der Waals surface area contributed by atoms with E-state index in [0.717, 1.165) is 11.1 Å². The van der Waals surface area contributed by atoms with Crippen LogP contribution in [-0.4, -0.2) is 33.1 Å². The highest BCUT2D eigenvalue weighted by atomic mass is 16.5. The van der Waals surface area contributed by atoms with Gasteiger partial charge in [0.1, 0.15) is 0 Å². The van der Waals surface area contributed by atoms with Crippen LogP contribution < -0.4 is 24.8 Å².